The van der Waals surface area contributed by atoms with Crippen LogP contribution in [0.15, 0.2) is 5.38 Å². The van der Waals surface area contributed by atoms with Crippen LogP contribution in [0, 0.1) is 6.92 Å². The maximum Gasteiger partial charge on any atom is 0.221 e. The van der Waals surface area contributed by atoms with Crippen molar-refractivity contribution in [2.24, 2.45) is 0 Å². The number of nitrogens with one attached hydrogen (secondary N) is 1. The van der Waals surface area contributed by atoms with Gasteiger partial charge in [0.2, 0.25) is 5.91 Å². The Bertz CT molecular complexity index is 367. The van der Waals surface area contributed by atoms with E-state index in [1.807, 2.05) is 12.3 Å². The van der Waals surface area contributed by atoms with Gasteiger partial charge in [-0.15, -0.1) is 11.3 Å². The van der Waals surface area contributed by atoms with Crippen molar-refractivity contribution in [2.75, 3.05) is 19.0 Å². The number of aliphatic hydroxyl groups is 2. The lowest BCUT2D eigenvalue weighted by Crippen LogP contribution is -2.40. The fourth-order valence-corrected chi connectivity index (χ4v) is 2.81. The minimum absolute atomic E-state index is 0.148. The van der Waals surface area contributed by atoms with Crippen LogP contribution in [0.2, 0.25) is 0 Å². The molecular formula is C11H18N2O3S2. The number of aromatic nitrogens is 1. The summed E-state index contributed by atoms with van der Waals surface area (Å²) < 4.78 is 0. The van der Waals surface area contributed by atoms with Gasteiger partial charge in [-0.25, -0.2) is 4.98 Å². The summed E-state index contributed by atoms with van der Waals surface area (Å²) in [6.45, 7) is 1.48. The van der Waals surface area contributed by atoms with Crippen LogP contribution in [0.4, 0.5) is 0 Å². The van der Waals surface area contributed by atoms with Gasteiger partial charge < -0.3 is 15.5 Å². The molecule has 0 saturated carbocycles. The fraction of sp³-hybridized carbons (Fsp3) is 0.636. The third-order valence-corrected chi connectivity index (χ3v) is 4.01. The summed E-state index contributed by atoms with van der Waals surface area (Å²) in [7, 11) is 0. The molecule has 0 unspecified atom stereocenters. The zero-order valence-electron chi connectivity index (χ0n) is 10.3. The van der Waals surface area contributed by atoms with E-state index < -0.39 is 6.04 Å². The SMILES string of the molecule is Cc1nc(CSCCC(=O)NC(CO)CO)cs1. The van der Waals surface area contributed by atoms with E-state index in [0.717, 1.165) is 16.5 Å². The molecule has 1 aromatic heterocycles. The first kappa shape index (κ1) is 15.4. The van der Waals surface area contributed by atoms with Gasteiger partial charge in [0.05, 0.1) is 30.0 Å². The number of nitrogens with zero attached hydrogens (tertiary/aromatic N) is 1. The second-order valence-corrected chi connectivity index (χ2v) is 5.96. The number of carbonyl (C=O) groups excluding carboxylic acids is 1. The third kappa shape index (κ3) is 5.81. The molecule has 0 atom stereocenters. The van der Waals surface area contributed by atoms with Gasteiger partial charge in [0.15, 0.2) is 0 Å². The number of amides is 1. The van der Waals surface area contributed by atoms with E-state index >= 15 is 0 Å². The maximum atomic E-state index is 11.4. The first-order valence-corrected chi connectivity index (χ1v) is 7.69. The normalized spacial score (nSPS) is 10.9. The van der Waals surface area contributed by atoms with Gasteiger partial charge in [-0.3, -0.25) is 4.79 Å². The summed E-state index contributed by atoms with van der Waals surface area (Å²) >= 11 is 3.27. The van der Waals surface area contributed by atoms with Gasteiger partial charge in [-0.1, -0.05) is 0 Å². The van der Waals surface area contributed by atoms with Crippen molar-refractivity contribution in [3.05, 3.63) is 16.1 Å². The van der Waals surface area contributed by atoms with Gasteiger partial charge in [-0.2, -0.15) is 11.8 Å². The molecular weight excluding hydrogens is 272 g/mol. The van der Waals surface area contributed by atoms with Crippen LogP contribution in [0.25, 0.3) is 0 Å². The first-order chi connectivity index (χ1) is 8.65. The summed E-state index contributed by atoms with van der Waals surface area (Å²) in [5.74, 6) is 1.36. The zero-order valence-corrected chi connectivity index (χ0v) is 11.9. The molecule has 1 amide bonds. The number of thioether (sulfide) groups is 1. The Morgan fingerprint density at radius 2 is 2.28 bits per heavy atom. The zero-order chi connectivity index (χ0) is 13.4. The number of hydrogen-bond acceptors (Lipinski definition) is 6. The Balaban J connectivity index is 2.12. The number of aliphatic hydroxyl groups excluding tert-OH is 2. The fourth-order valence-electron chi connectivity index (χ4n) is 1.26. The average Bonchev–Trinajstić information content (AvgIpc) is 2.77. The molecule has 0 aliphatic rings. The molecule has 1 rings (SSSR count). The molecule has 0 aliphatic heterocycles. The van der Waals surface area contributed by atoms with Crippen molar-refractivity contribution < 1.29 is 15.0 Å². The lowest BCUT2D eigenvalue weighted by Gasteiger charge is -2.12. The van der Waals surface area contributed by atoms with Crippen LogP contribution in [-0.2, 0) is 10.5 Å². The van der Waals surface area contributed by atoms with Gasteiger partial charge in [0.25, 0.3) is 0 Å². The summed E-state index contributed by atoms with van der Waals surface area (Å²) in [4.78, 5) is 15.8. The topological polar surface area (TPSA) is 82.5 Å². The molecule has 0 fully saturated rings. The van der Waals surface area contributed by atoms with Crippen LogP contribution in [0.1, 0.15) is 17.1 Å². The molecule has 18 heavy (non-hydrogen) atoms. The van der Waals surface area contributed by atoms with Crippen LogP contribution in [0.5, 0.6) is 0 Å². The highest BCUT2D eigenvalue weighted by atomic mass is 32.2. The molecule has 1 heterocycles. The van der Waals surface area contributed by atoms with Crippen molar-refractivity contribution in [3.8, 4) is 0 Å². The Kier molecular flexibility index (Phi) is 7.26. The third-order valence-electron chi connectivity index (χ3n) is 2.20. The predicted molar refractivity (Wildman–Crippen MR) is 73.7 cm³/mol. The molecule has 3 N–H and O–H groups in total. The quantitative estimate of drug-likeness (QED) is 0.609. The lowest BCUT2D eigenvalue weighted by molar-refractivity contribution is -0.122. The van der Waals surface area contributed by atoms with Crippen LogP contribution in [0.3, 0.4) is 0 Å². The molecule has 7 heteroatoms. The summed E-state index contributed by atoms with van der Waals surface area (Å²) in [5, 5.41) is 23.3. The molecule has 0 radical (unpaired) electrons. The standard InChI is InChI=1S/C11H18N2O3S2/c1-8-12-10(7-18-8)6-17-3-2-11(16)13-9(4-14)5-15/h7,9,14-15H,2-6H2,1H3,(H,13,16). The van der Waals surface area contributed by atoms with Gasteiger partial charge in [0, 0.05) is 23.3 Å². The monoisotopic (exact) mass is 290 g/mol. The van der Waals surface area contributed by atoms with E-state index in [2.05, 4.69) is 10.3 Å². The first-order valence-electron chi connectivity index (χ1n) is 5.65. The molecule has 0 bridgehead atoms. The number of carbonyl (C=O) groups is 1. The number of thiazole rings is 1. The predicted octanol–water partition coefficient (Wildman–Crippen LogP) is 0.544. The summed E-state index contributed by atoms with van der Waals surface area (Å²) in [5.41, 5.74) is 1.05. The smallest absolute Gasteiger partial charge is 0.221 e. The highest BCUT2D eigenvalue weighted by Crippen LogP contribution is 2.15. The van der Waals surface area contributed by atoms with E-state index in [1.54, 1.807) is 23.1 Å². The molecule has 0 spiro atoms. The highest BCUT2D eigenvalue weighted by Gasteiger charge is 2.09. The van der Waals surface area contributed by atoms with E-state index in [9.17, 15) is 4.79 Å². The molecule has 102 valence electrons. The minimum Gasteiger partial charge on any atom is -0.394 e. The van der Waals surface area contributed by atoms with Crippen LogP contribution in [-0.4, -0.2) is 46.1 Å². The Labute approximate surface area is 115 Å². The van der Waals surface area contributed by atoms with Crippen LogP contribution >= 0.6 is 23.1 Å². The number of rotatable bonds is 8. The summed E-state index contributed by atoms with van der Waals surface area (Å²) in [6, 6.07) is -0.552. The van der Waals surface area contributed by atoms with E-state index in [4.69, 9.17) is 10.2 Å². The average molecular weight is 290 g/mol. The molecule has 0 aliphatic carbocycles. The van der Waals surface area contributed by atoms with Gasteiger partial charge in [-0.05, 0) is 6.92 Å². The van der Waals surface area contributed by atoms with E-state index in [0.29, 0.717) is 12.2 Å². The van der Waals surface area contributed by atoms with Crippen molar-refractivity contribution >= 4 is 29.0 Å². The Hall–Kier alpha value is -0.630. The van der Waals surface area contributed by atoms with E-state index in [-0.39, 0.29) is 19.1 Å². The lowest BCUT2D eigenvalue weighted by atomic mass is 10.3. The Morgan fingerprint density at radius 3 is 2.83 bits per heavy atom. The van der Waals surface area contributed by atoms with Crippen LogP contribution < -0.4 is 5.32 Å². The minimum atomic E-state index is -0.552. The Morgan fingerprint density at radius 1 is 1.56 bits per heavy atom. The molecule has 1 aromatic rings. The second kappa shape index (κ2) is 8.47. The van der Waals surface area contributed by atoms with Crippen molar-refractivity contribution in [1.29, 1.82) is 0 Å². The number of hydrogen-bond donors (Lipinski definition) is 3. The van der Waals surface area contributed by atoms with Crippen molar-refractivity contribution in [3.63, 3.8) is 0 Å². The second-order valence-electron chi connectivity index (χ2n) is 3.79. The van der Waals surface area contributed by atoms with Crippen molar-refractivity contribution in [1.82, 2.24) is 10.3 Å². The van der Waals surface area contributed by atoms with Gasteiger partial charge >= 0.3 is 0 Å². The highest BCUT2D eigenvalue weighted by molar-refractivity contribution is 7.98. The summed E-state index contributed by atoms with van der Waals surface area (Å²) in [6.07, 6.45) is 0.379. The molecule has 0 aromatic carbocycles. The largest absolute Gasteiger partial charge is 0.394 e. The van der Waals surface area contributed by atoms with Gasteiger partial charge in [0.1, 0.15) is 0 Å². The maximum absolute atomic E-state index is 11.4. The van der Waals surface area contributed by atoms with E-state index in [1.165, 1.54) is 0 Å². The number of aryl methyl sites for hydroxylation is 1. The molecule has 5 nitrogen and oxygen atoms in total. The molecule has 0 saturated heterocycles. The van der Waals surface area contributed by atoms with Crippen molar-refractivity contribution in [2.45, 2.75) is 25.1 Å².